The van der Waals surface area contributed by atoms with Crippen LogP contribution in [0.25, 0.3) is 11.0 Å². The van der Waals surface area contributed by atoms with Gasteiger partial charge >= 0.3 is 0 Å². The summed E-state index contributed by atoms with van der Waals surface area (Å²) < 4.78 is 12.2. The molecule has 1 aromatic carbocycles. The van der Waals surface area contributed by atoms with E-state index in [2.05, 4.69) is 15.9 Å². The van der Waals surface area contributed by atoms with Crippen LogP contribution in [0, 0.1) is 0 Å². The van der Waals surface area contributed by atoms with Crippen LogP contribution in [-0.2, 0) is 0 Å². The molecule has 1 atom stereocenters. The van der Waals surface area contributed by atoms with Crippen molar-refractivity contribution in [2.75, 3.05) is 7.11 Å². The standard InChI is InChI=1S/C14H11BrClNO2S/c1-18-11-5-9(16)2-7-3-10(19-14(7)11)13(17)12-4-8(15)6-20-12/h2-6,13H,17H2,1H3. The number of rotatable bonds is 3. The normalized spacial score (nSPS) is 12.8. The van der Waals surface area contributed by atoms with E-state index in [0.29, 0.717) is 22.1 Å². The summed E-state index contributed by atoms with van der Waals surface area (Å²) in [6, 6.07) is 7.16. The monoisotopic (exact) mass is 371 g/mol. The van der Waals surface area contributed by atoms with Crippen molar-refractivity contribution in [3.05, 3.63) is 49.8 Å². The predicted octanol–water partition coefficient (Wildman–Crippen LogP) is 4.97. The number of benzene rings is 1. The van der Waals surface area contributed by atoms with Crippen LogP contribution in [0.15, 0.2) is 38.5 Å². The molecule has 2 heterocycles. The molecule has 0 spiro atoms. The van der Waals surface area contributed by atoms with Gasteiger partial charge in [0.25, 0.3) is 0 Å². The molecular weight excluding hydrogens is 362 g/mol. The molecule has 0 saturated carbocycles. The van der Waals surface area contributed by atoms with Crippen LogP contribution < -0.4 is 10.5 Å². The molecule has 3 rings (SSSR count). The summed E-state index contributed by atoms with van der Waals surface area (Å²) in [5.41, 5.74) is 6.91. The average Bonchev–Trinajstić information content (AvgIpc) is 3.02. The Morgan fingerprint density at radius 1 is 1.35 bits per heavy atom. The molecule has 104 valence electrons. The van der Waals surface area contributed by atoms with Gasteiger partial charge < -0.3 is 14.9 Å². The summed E-state index contributed by atoms with van der Waals surface area (Å²) in [6.07, 6.45) is 0. The van der Waals surface area contributed by atoms with Crippen molar-refractivity contribution in [2.24, 2.45) is 5.73 Å². The second-order valence-electron chi connectivity index (χ2n) is 4.32. The van der Waals surface area contributed by atoms with Crippen LogP contribution in [0.4, 0.5) is 0 Å². The minimum absolute atomic E-state index is 0.304. The highest BCUT2D eigenvalue weighted by Gasteiger charge is 2.18. The minimum atomic E-state index is -0.304. The van der Waals surface area contributed by atoms with Crippen molar-refractivity contribution in [1.82, 2.24) is 0 Å². The second kappa shape index (κ2) is 5.41. The van der Waals surface area contributed by atoms with E-state index in [1.165, 1.54) is 0 Å². The lowest BCUT2D eigenvalue weighted by Gasteiger charge is -2.05. The highest BCUT2D eigenvalue weighted by Crippen LogP contribution is 2.36. The van der Waals surface area contributed by atoms with E-state index in [1.54, 1.807) is 24.5 Å². The van der Waals surface area contributed by atoms with Gasteiger partial charge in [0.05, 0.1) is 13.2 Å². The largest absolute Gasteiger partial charge is 0.493 e. The van der Waals surface area contributed by atoms with Crippen molar-refractivity contribution < 1.29 is 9.15 Å². The number of nitrogens with two attached hydrogens (primary N) is 1. The molecule has 1 unspecified atom stereocenters. The topological polar surface area (TPSA) is 48.4 Å². The summed E-state index contributed by atoms with van der Waals surface area (Å²) >= 11 is 11.1. The third-order valence-electron chi connectivity index (χ3n) is 2.99. The first-order valence-corrected chi connectivity index (χ1v) is 7.90. The van der Waals surface area contributed by atoms with E-state index in [9.17, 15) is 0 Å². The zero-order chi connectivity index (χ0) is 14.3. The van der Waals surface area contributed by atoms with E-state index in [0.717, 1.165) is 14.7 Å². The van der Waals surface area contributed by atoms with Gasteiger partial charge in [-0.3, -0.25) is 0 Å². The van der Waals surface area contributed by atoms with Gasteiger partial charge in [-0.2, -0.15) is 0 Å². The molecule has 0 fully saturated rings. The summed E-state index contributed by atoms with van der Waals surface area (Å²) in [6.45, 7) is 0. The minimum Gasteiger partial charge on any atom is -0.493 e. The third kappa shape index (κ3) is 2.46. The maximum absolute atomic E-state index is 6.25. The average molecular weight is 373 g/mol. The molecule has 0 radical (unpaired) electrons. The summed E-state index contributed by atoms with van der Waals surface area (Å²) in [5.74, 6) is 1.30. The summed E-state index contributed by atoms with van der Waals surface area (Å²) in [5, 5.41) is 3.49. The zero-order valence-electron chi connectivity index (χ0n) is 10.5. The first kappa shape index (κ1) is 13.9. The van der Waals surface area contributed by atoms with Crippen molar-refractivity contribution in [1.29, 1.82) is 0 Å². The Morgan fingerprint density at radius 3 is 2.80 bits per heavy atom. The van der Waals surface area contributed by atoms with Crippen LogP contribution in [0.5, 0.6) is 5.75 Å². The molecule has 20 heavy (non-hydrogen) atoms. The van der Waals surface area contributed by atoms with E-state index in [-0.39, 0.29) is 6.04 Å². The Bertz CT molecular complexity index is 768. The van der Waals surface area contributed by atoms with Gasteiger partial charge in [0.2, 0.25) is 0 Å². The predicted molar refractivity (Wildman–Crippen MR) is 85.8 cm³/mol. The lowest BCUT2D eigenvalue weighted by molar-refractivity contribution is 0.406. The van der Waals surface area contributed by atoms with Gasteiger partial charge in [0.1, 0.15) is 5.76 Å². The lowest BCUT2D eigenvalue weighted by Crippen LogP contribution is -2.08. The van der Waals surface area contributed by atoms with E-state index < -0.39 is 0 Å². The van der Waals surface area contributed by atoms with Gasteiger partial charge in [-0.05, 0) is 34.1 Å². The summed E-state index contributed by atoms with van der Waals surface area (Å²) in [4.78, 5) is 1.03. The van der Waals surface area contributed by atoms with Crippen molar-refractivity contribution in [3.8, 4) is 5.75 Å². The molecule has 6 heteroatoms. The van der Waals surface area contributed by atoms with Crippen LogP contribution in [0.1, 0.15) is 16.7 Å². The number of methoxy groups -OCH3 is 1. The molecule has 3 nitrogen and oxygen atoms in total. The van der Waals surface area contributed by atoms with E-state index in [4.69, 9.17) is 26.5 Å². The van der Waals surface area contributed by atoms with E-state index in [1.807, 2.05) is 23.6 Å². The van der Waals surface area contributed by atoms with Gasteiger partial charge in [-0.25, -0.2) is 0 Å². The molecular formula is C14H11BrClNO2S. The molecule has 2 N–H and O–H groups in total. The number of halogens is 2. The molecule has 0 aliphatic rings. The van der Waals surface area contributed by atoms with Gasteiger partial charge in [0.15, 0.2) is 11.3 Å². The highest BCUT2D eigenvalue weighted by molar-refractivity contribution is 9.10. The number of hydrogen-bond acceptors (Lipinski definition) is 4. The first-order chi connectivity index (χ1) is 9.58. The molecule has 0 bridgehead atoms. The number of ether oxygens (including phenoxy) is 1. The van der Waals surface area contributed by atoms with Gasteiger partial charge in [0, 0.05) is 31.2 Å². The lowest BCUT2D eigenvalue weighted by atomic mass is 10.2. The van der Waals surface area contributed by atoms with Crippen LogP contribution in [0.3, 0.4) is 0 Å². The SMILES string of the molecule is COc1cc(Cl)cc2cc(C(N)c3cc(Br)cs3)oc12. The number of fused-ring (bicyclic) bond motifs is 1. The quantitative estimate of drug-likeness (QED) is 0.706. The Balaban J connectivity index is 2.08. The molecule has 3 aromatic rings. The van der Waals surface area contributed by atoms with Crippen molar-refractivity contribution in [3.63, 3.8) is 0 Å². The second-order valence-corrected chi connectivity index (χ2v) is 6.62. The van der Waals surface area contributed by atoms with E-state index >= 15 is 0 Å². The Morgan fingerprint density at radius 2 is 2.15 bits per heavy atom. The van der Waals surface area contributed by atoms with Crippen molar-refractivity contribution in [2.45, 2.75) is 6.04 Å². The molecule has 0 saturated heterocycles. The van der Waals surface area contributed by atoms with Crippen LogP contribution in [0.2, 0.25) is 5.02 Å². The Labute approximate surface area is 133 Å². The Kier molecular flexibility index (Phi) is 3.77. The smallest absolute Gasteiger partial charge is 0.176 e. The van der Waals surface area contributed by atoms with Crippen molar-refractivity contribution >= 4 is 49.8 Å². The Hall–Kier alpha value is -1.01. The van der Waals surface area contributed by atoms with Gasteiger partial charge in [-0.1, -0.05) is 11.6 Å². The highest BCUT2D eigenvalue weighted by atomic mass is 79.9. The van der Waals surface area contributed by atoms with Crippen LogP contribution >= 0.6 is 38.9 Å². The molecule has 0 amide bonds. The number of furan rings is 1. The van der Waals surface area contributed by atoms with Crippen LogP contribution in [-0.4, -0.2) is 7.11 Å². The molecule has 0 aliphatic carbocycles. The first-order valence-electron chi connectivity index (χ1n) is 5.85. The fraction of sp³-hybridized carbons (Fsp3) is 0.143. The molecule has 2 aromatic heterocycles. The maximum atomic E-state index is 6.25. The number of hydrogen-bond donors (Lipinski definition) is 1. The summed E-state index contributed by atoms with van der Waals surface area (Å²) in [7, 11) is 1.59. The molecule has 0 aliphatic heterocycles. The van der Waals surface area contributed by atoms with Gasteiger partial charge in [-0.15, -0.1) is 11.3 Å². The number of thiophene rings is 1. The maximum Gasteiger partial charge on any atom is 0.176 e. The zero-order valence-corrected chi connectivity index (χ0v) is 13.7. The third-order valence-corrected chi connectivity index (χ3v) is 4.98. The fourth-order valence-corrected chi connectivity index (χ4v) is 3.71. The fourth-order valence-electron chi connectivity index (χ4n) is 2.04.